The molecule has 2 N–H and O–H groups in total. The van der Waals surface area contributed by atoms with Gasteiger partial charge in [-0.1, -0.05) is 0 Å². The summed E-state index contributed by atoms with van der Waals surface area (Å²) < 4.78 is 9.48. The van der Waals surface area contributed by atoms with Crippen molar-refractivity contribution in [1.82, 2.24) is 15.5 Å². The van der Waals surface area contributed by atoms with Gasteiger partial charge < -0.3 is 25.0 Å². The van der Waals surface area contributed by atoms with Gasteiger partial charge in [0.25, 0.3) is 0 Å². The van der Waals surface area contributed by atoms with E-state index in [1.165, 1.54) is 7.11 Å². The molecule has 0 saturated carbocycles. The lowest BCUT2D eigenvalue weighted by molar-refractivity contribution is 0.110. The molecule has 0 aromatic heterocycles. The standard InChI is InChI=1S/C11H21N3O4/c1-17-8-5-12-10(15)13-9-3-6-14(7-4-9)11(16)18-2/h9H,3-8H2,1-2H3,(H2,12,13,15). The van der Waals surface area contributed by atoms with Gasteiger partial charge in [0.1, 0.15) is 0 Å². The molecule has 0 aliphatic carbocycles. The fourth-order valence-corrected chi connectivity index (χ4v) is 1.84. The van der Waals surface area contributed by atoms with Gasteiger partial charge in [-0.3, -0.25) is 0 Å². The average molecular weight is 259 g/mol. The number of nitrogens with zero attached hydrogens (tertiary/aromatic N) is 1. The van der Waals surface area contributed by atoms with Crippen molar-refractivity contribution >= 4 is 12.1 Å². The van der Waals surface area contributed by atoms with E-state index in [0.29, 0.717) is 26.2 Å². The summed E-state index contributed by atoms with van der Waals surface area (Å²) in [6.45, 7) is 2.20. The maximum Gasteiger partial charge on any atom is 0.409 e. The van der Waals surface area contributed by atoms with Crippen LogP contribution in [-0.4, -0.2) is 63.5 Å². The van der Waals surface area contributed by atoms with E-state index in [1.54, 1.807) is 12.0 Å². The Bertz CT molecular complexity index is 277. The summed E-state index contributed by atoms with van der Waals surface area (Å²) in [6.07, 6.45) is 1.18. The smallest absolute Gasteiger partial charge is 0.409 e. The third-order valence-electron chi connectivity index (χ3n) is 2.85. The van der Waals surface area contributed by atoms with Crippen LogP contribution in [-0.2, 0) is 9.47 Å². The summed E-state index contributed by atoms with van der Waals surface area (Å²) in [5, 5.41) is 5.57. The highest BCUT2D eigenvalue weighted by Crippen LogP contribution is 2.10. The molecule has 104 valence electrons. The Kier molecular flexibility index (Phi) is 6.27. The molecule has 0 bridgehead atoms. The van der Waals surface area contributed by atoms with Crippen LogP contribution in [0.25, 0.3) is 0 Å². The molecule has 3 amide bonds. The minimum atomic E-state index is -0.307. The van der Waals surface area contributed by atoms with Crippen LogP contribution in [0.5, 0.6) is 0 Å². The number of likely N-dealkylation sites (tertiary alicyclic amines) is 1. The van der Waals surface area contributed by atoms with Crippen LogP contribution in [0.4, 0.5) is 9.59 Å². The summed E-state index contributed by atoms with van der Waals surface area (Å²) in [4.78, 5) is 24.4. The Balaban J connectivity index is 2.18. The predicted octanol–water partition coefficient (Wildman–Crippen LogP) is 0.163. The van der Waals surface area contributed by atoms with Crippen molar-refractivity contribution in [1.29, 1.82) is 0 Å². The maximum atomic E-state index is 11.5. The van der Waals surface area contributed by atoms with Gasteiger partial charge in [-0.05, 0) is 12.8 Å². The number of carbonyl (C=O) groups is 2. The lowest BCUT2D eigenvalue weighted by Gasteiger charge is -2.31. The summed E-state index contributed by atoms with van der Waals surface area (Å²) in [7, 11) is 2.96. The van der Waals surface area contributed by atoms with Crippen LogP contribution in [0.2, 0.25) is 0 Å². The molecule has 1 aliphatic heterocycles. The van der Waals surface area contributed by atoms with E-state index in [-0.39, 0.29) is 18.2 Å². The van der Waals surface area contributed by atoms with Gasteiger partial charge in [-0.25, -0.2) is 9.59 Å². The van der Waals surface area contributed by atoms with Crippen molar-refractivity contribution in [3.8, 4) is 0 Å². The average Bonchev–Trinajstić information content (AvgIpc) is 2.39. The molecule has 1 heterocycles. The Morgan fingerprint density at radius 1 is 1.28 bits per heavy atom. The highest BCUT2D eigenvalue weighted by molar-refractivity contribution is 5.74. The fourth-order valence-electron chi connectivity index (χ4n) is 1.84. The molecule has 7 nitrogen and oxygen atoms in total. The van der Waals surface area contributed by atoms with Gasteiger partial charge in [0.2, 0.25) is 0 Å². The highest BCUT2D eigenvalue weighted by atomic mass is 16.5. The number of hydrogen-bond donors (Lipinski definition) is 2. The number of ether oxygens (including phenoxy) is 2. The Morgan fingerprint density at radius 2 is 1.94 bits per heavy atom. The zero-order valence-electron chi connectivity index (χ0n) is 10.9. The zero-order chi connectivity index (χ0) is 13.4. The first-order valence-corrected chi connectivity index (χ1v) is 6.03. The number of rotatable bonds is 4. The molecule has 0 radical (unpaired) electrons. The molecular formula is C11H21N3O4. The molecule has 18 heavy (non-hydrogen) atoms. The summed E-state index contributed by atoms with van der Waals surface area (Å²) in [6, 6.07) is -0.0861. The van der Waals surface area contributed by atoms with Gasteiger partial charge in [0, 0.05) is 32.8 Å². The van der Waals surface area contributed by atoms with Crippen molar-refractivity contribution in [3.63, 3.8) is 0 Å². The fraction of sp³-hybridized carbons (Fsp3) is 0.818. The number of amides is 3. The van der Waals surface area contributed by atoms with E-state index in [1.807, 2.05) is 0 Å². The lowest BCUT2D eigenvalue weighted by Crippen LogP contribution is -2.49. The summed E-state index contributed by atoms with van der Waals surface area (Å²) in [5.41, 5.74) is 0. The number of nitrogens with one attached hydrogen (secondary N) is 2. The molecule has 1 saturated heterocycles. The summed E-state index contributed by atoms with van der Waals surface area (Å²) in [5.74, 6) is 0. The van der Waals surface area contributed by atoms with E-state index in [2.05, 4.69) is 15.4 Å². The van der Waals surface area contributed by atoms with Crippen LogP contribution >= 0.6 is 0 Å². The molecule has 0 atom stereocenters. The Labute approximate surface area is 107 Å². The quantitative estimate of drug-likeness (QED) is 0.705. The molecule has 0 aromatic rings. The van der Waals surface area contributed by atoms with E-state index >= 15 is 0 Å². The van der Waals surface area contributed by atoms with Gasteiger partial charge in [-0.15, -0.1) is 0 Å². The van der Waals surface area contributed by atoms with Crippen molar-refractivity contribution in [3.05, 3.63) is 0 Å². The number of hydrogen-bond acceptors (Lipinski definition) is 4. The van der Waals surface area contributed by atoms with Crippen LogP contribution in [0.1, 0.15) is 12.8 Å². The first-order chi connectivity index (χ1) is 8.67. The van der Waals surface area contributed by atoms with Gasteiger partial charge >= 0.3 is 12.1 Å². The van der Waals surface area contributed by atoms with Crippen LogP contribution in [0.3, 0.4) is 0 Å². The van der Waals surface area contributed by atoms with E-state index in [9.17, 15) is 9.59 Å². The molecule has 0 unspecified atom stereocenters. The monoisotopic (exact) mass is 259 g/mol. The van der Waals surface area contributed by atoms with E-state index < -0.39 is 0 Å². The van der Waals surface area contributed by atoms with Crippen LogP contribution < -0.4 is 10.6 Å². The number of urea groups is 1. The highest BCUT2D eigenvalue weighted by Gasteiger charge is 2.23. The molecule has 7 heteroatoms. The third-order valence-corrected chi connectivity index (χ3v) is 2.85. The summed E-state index contributed by atoms with van der Waals surface area (Å²) >= 11 is 0. The maximum absolute atomic E-state index is 11.5. The normalized spacial score (nSPS) is 16.2. The molecule has 0 spiro atoms. The second kappa shape index (κ2) is 7.75. The SMILES string of the molecule is COCCNC(=O)NC1CCN(C(=O)OC)CC1. The Hall–Kier alpha value is -1.50. The van der Waals surface area contributed by atoms with E-state index in [0.717, 1.165) is 12.8 Å². The first-order valence-electron chi connectivity index (χ1n) is 6.03. The van der Waals surface area contributed by atoms with Gasteiger partial charge in [-0.2, -0.15) is 0 Å². The molecule has 1 aliphatic rings. The minimum absolute atomic E-state index is 0.105. The number of piperidine rings is 1. The van der Waals surface area contributed by atoms with Crippen molar-refractivity contribution in [2.75, 3.05) is 40.5 Å². The number of carbonyl (C=O) groups excluding carboxylic acids is 2. The van der Waals surface area contributed by atoms with Crippen molar-refractivity contribution in [2.24, 2.45) is 0 Å². The van der Waals surface area contributed by atoms with Crippen LogP contribution in [0, 0.1) is 0 Å². The van der Waals surface area contributed by atoms with Crippen molar-refractivity contribution < 1.29 is 19.1 Å². The predicted molar refractivity (Wildman–Crippen MR) is 65.4 cm³/mol. The van der Waals surface area contributed by atoms with E-state index in [4.69, 9.17) is 4.74 Å². The molecule has 0 aromatic carbocycles. The molecule has 1 fully saturated rings. The first kappa shape index (κ1) is 14.6. The van der Waals surface area contributed by atoms with Gasteiger partial charge in [0.15, 0.2) is 0 Å². The van der Waals surface area contributed by atoms with Gasteiger partial charge in [0.05, 0.1) is 13.7 Å². The second-order valence-electron chi connectivity index (χ2n) is 4.12. The molecular weight excluding hydrogens is 238 g/mol. The van der Waals surface area contributed by atoms with Crippen LogP contribution in [0.15, 0.2) is 0 Å². The number of methoxy groups -OCH3 is 2. The minimum Gasteiger partial charge on any atom is -0.453 e. The second-order valence-corrected chi connectivity index (χ2v) is 4.12. The third kappa shape index (κ3) is 4.79. The zero-order valence-corrected chi connectivity index (χ0v) is 10.9. The largest absolute Gasteiger partial charge is 0.453 e. The molecule has 1 rings (SSSR count). The Morgan fingerprint density at radius 3 is 2.50 bits per heavy atom. The lowest BCUT2D eigenvalue weighted by atomic mass is 10.1. The van der Waals surface area contributed by atoms with Crippen molar-refractivity contribution in [2.45, 2.75) is 18.9 Å². The topological polar surface area (TPSA) is 79.9 Å².